The van der Waals surface area contributed by atoms with Gasteiger partial charge in [-0.25, -0.2) is 4.79 Å². The first-order chi connectivity index (χ1) is 18.9. The molecule has 1 amide bonds. The van der Waals surface area contributed by atoms with Crippen molar-refractivity contribution in [3.63, 3.8) is 0 Å². The van der Waals surface area contributed by atoms with E-state index in [-0.39, 0.29) is 46.4 Å². The molecule has 2 atom stereocenters. The molecule has 8 nitrogen and oxygen atoms in total. The molecule has 0 spiro atoms. The second kappa shape index (κ2) is 18.6. The smallest absolute Gasteiger partial charge is 0.333 e. The van der Waals surface area contributed by atoms with Crippen LogP contribution in [0.5, 0.6) is 0 Å². The molecule has 0 aromatic carbocycles. The number of allylic oxidation sites excluding steroid dienone is 1. The molecule has 1 heterocycles. The zero-order valence-corrected chi connectivity index (χ0v) is 29.8. The van der Waals surface area contributed by atoms with Gasteiger partial charge < -0.3 is 14.8 Å². The molecule has 1 N–H and O–H groups in total. The highest BCUT2D eigenvalue weighted by Crippen LogP contribution is 2.46. The number of ether oxygens (including phenoxy) is 2. The predicted molar refractivity (Wildman–Crippen MR) is 170 cm³/mol. The van der Waals surface area contributed by atoms with Crippen LogP contribution in [0.25, 0.3) is 0 Å². The predicted octanol–water partition coefficient (Wildman–Crippen LogP) is 7.64. The Bertz CT molecular complexity index is 988. The number of nitriles is 2. The van der Waals surface area contributed by atoms with Crippen molar-refractivity contribution in [3.05, 3.63) is 11.1 Å². The molecular weight excluding hydrogens is 530 g/mol. The number of hydrogen-bond donors (Lipinski definition) is 1. The van der Waals surface area contributed by atoms with Crippen molar-refractivity contribution in [1.82, 2.24) is 5.32 Å². The fraction of sp³-hybridized carbons (Fsp3) is 0.794. The zero-order chi connectivity index (χ0) is 34.3. The minimum atomic E-state index is -0.556. The van der Waals surface area contributed by atoms with Gasteiger partial charge in [-0.1, -0.05) is 61.0 Å². The van der Waals surface area contributed by atoms with Crippen molar-refractivity contribution >= 4 is 17.8 Å². The quantitative estimate of drug-likeness (QED) is 0.248. The SMILES string of the molecule is CC(C)C#N.CC1C(=O)NCC(C)(C)C1(C)C.CCOC(=O)C(C)=C(C)C.CCOC(=O)C(C)C(C)(C)C(C)(C)C#N. The van der Waals surface area contributed by atoms with Crippen LogP contribution in [0.3, 0.4) is 0 Å². The van der Waals surface area contributed by atoms with E-state index in [0.717, 1.165) is 12.1 Å². The van der Waals surface area contributed by atoms with E-state index in [9.17, 15) is 14.4 Å². The molecule has 0 aromatic heterocycles. The fourth-order valence-corrected chi connectivity index (χ4v) is 3.29. The summed E-state index contributed by atoms with van der Waals surface area (Å²) in [6, 6.07) is 4.28. The lowest BCUT2D eigenvalue weighted by Crippen LogP contribution is -2.56. The summed E-state index contributed by atoms with van der Waals surface area (Å²) in [6.45, 7) is 34.7. The van der Waals surface area contributed by atoms with Gasteiger partial charge in [0.25, 0.3) is 0 Å². The molecular formula is C34H61N3O5. The zero-order valence-electron chi connectivity index (χ0n) is 29.8. The molecule has 1 aliphatic heterocycles. The van der Waals surface area contributed by atoms with Gasteiger partial charge >= 0.3 is 11.9 Å². The average Bonchev–Trinajstić information content (AvgIpc) is 2.90. The Hall–Kier alpha value is -2.87. The van der Waals surface area contributed by atoms with E-state index < -0.39 is 10.8 Å². The number of piperidine rings is 1. The van der Waals surface area contributed by atoms with Gasteiger partial charge in [0.2, 0.25) is 5.91 Å². The van der Waals surface area contributed by atoms with Crippen LogP contribution in [-0.4, -0.2) is 37.6 Å². The van der Waals surface area contributed by atoms with E-state index >= 15 is 0 Å². The minimum absolute atomic E-state index is 0.0926. The van der Waals surface area contributed by atoms with Crippen LogP contribution in [0.15, 0.2) is 11.1 Å². The number of amides is 1. The van der Waals surface area contributed by atoms with Crippen LogP contribution < -0.4 is 5.32 Å². The first-order valence-electron chi connectivity index (χ1n) is 14.9. The lowest BCUT2D eigenvalue weighted by molar-refractivity contribution is -0.153. The highest BCUT2D eigenvalue weighted by Gasteiger charge is 2.47. The Morgan fingerprint density at radius 2 is 1.40 bits per heavy atom. The summed E-state index contributed by atoms with van der Waals surface area (Å²) >= 11 is 0. The molecule has 0 aliphatic carbocycles. The summed E-state index contributed by atoms with van der Waals surface area (Å²) in [5.41, 5.74) is 1.04. The van der Waals surface area contributed by atoms with E-state index in [1.54, 1.807) is 20.8 Å². The molecule has 1 fully saturated rings. The van der Waals surface area contributed by atoms with Crippen molar-refractivity contribution in [2.45, 2.75) is 118 Å². The molecule has 0 aromatic rings. The molecule has 1 saturated heterocycles. The maximum atomic E-state index is 11.6. The Balaban J connectivity index is -0.000000510. The lowest BCUT2D eigenvalue weighted by Gasteiger charge is -2.49. The molecule has 42 heavy (non-hydrogen) atoms. The lowest BCUT2D eigenvalue weighted by atomic mass is 9.59. The number of rotatable bonds is 6. The van der Waals surface area contributed by atoms with Crippen molar-refractivity contribution in [1.29, 1.82) is 10.5 Å². The Kier molecular flexibility index (Phi) is 19.3. The van der Waals surface area contributed by atoms with Gasteiger partial charge in [-0.2, -0.15) is 10.5 Å². The molecule has 8 heteroatoms. The number of hydrogen-bond acceptors (Lipinski definition) is 7. The third kappa shape index (κ3) is 13.4. The van der Waals surface area contributed by atoms with Crippen molar-refractivity contribution in [3.8, 4) is 12.1 Å². The van der Waals surface area contributed by atoms with E-state index in [1.807, 2.05) is 75.3 Å². The van der Waals surface area contributed by atoms with E-state index in [0.29, 0.717) is 18.8 Å². The number of nitrogens with zero attached hydrogens (tertiary/aromatic N) is 2. The van der Waals surface area contributed by atoms with Crippen LogP contribution in [-0.2, 0) is 23.9 Å². The molecule has 0 bridgehead atoms. The number of nitrogens with one attached hydrogen (secondary N) is 1. The van der Waals surface area contributed by atoms with E-state index in [2.05, 4.69) is 39.1 Å². The van der Waals surface area contributed by atoms with Crippen molar-refractivity contribution < 1.29 is 23.9 Å². The summed E-state index contributed by atoms with van der Waals surface area (Å²) in [5.74, 6) is -0.226. The molecule has 1 rings (SSSR count). The Morgan fingerprint density at radius 3 is 1.71 bits per heavy atom. The van der Waals surface area contributed by atoms with Crippen LogP contribution >= 0.6 is 0 Å². The fourth-order valence-electron chi connectivity index (χ4n) is 3.29. The minimum Gasteiger partial charge on any atom is -0.466 e. The largest absolute Gasteiger partial charge is 0.466 e. The van der Waals surface area contributed by atoms with Crippen molar-refractivity contribution in [2.24, 2.45) is 39.4 Å². The Morgan fingerprint density at radius 1 is 0.976 bits per heavy atom. The Labute approximate surface area is 257 Å². The first kappa shape index (κ1) is 43.6. The highest BCUT2D eigenvalue weighted by molar-refractivity contribution is 5.88. The van der Waals surface area contributed by atoms with Gasteiger partial charge in [-0.15, -0.1) is 0 Å². The van der Waals surface area contributed by atoms with Crippen LogP contribution in [0.4, 0.5) is 0 Å². The number of esters is 2. The van der Waals surface area contributed by atoms with Gasteiger partial charge in [0.05, 0.1) is 36.7 Å². The summed E-state index contributed by atoms with van der Waals surface area (Å²) < 4.78 is 9.75. The van der Waals surface area contributed by atoms with Gasteiger partial charge in [-0.3, -0.25) is 9.59 Å². The van der Waals surface area contributed by atoms with Crippen molar-refractivity contribution in [2.75, 3.05) is 19.8 Å². The normalized spacial score (nSPS) is 17.4. The van der Waals surface area contributed by atoms with Gasteiger partial charge in [0.15, 0.2) is 0 Å². The first-order valence-corrected chi connectivity index (χ1v) is 14.9. The molecule has 242 valence electrons. The molecule has 2 unspecified atom stereocenters. The summed E-state index contributed by atoms with van der Waals surface area (Å²) in [6.07, 6.45) is 0. The monoisotopic (exact) mass is 591 g/mol. The third-order valence-electron chi connectivity index (χ3n) is 9.13. The van der Waals surface area contributed by atoms with Gasteiger partial charge in [-0.05, 0) is 78.6 Å². The number of carbonyl (C=O) groups excluding carboxylic acids is 3. The molecule has 1 aliphatic rings. The second-order valence-electron chi connectivity index (χ2n) is 13.6. The van der Waals surface area contributed by atoms with Crippen LogP contribution in [0.2, 0.25) is 0 Å². The highest BCUT2D eigenvalue weighted by atomic mass is 16.5. The topological polar surface area (TPSA) is 129 Å². The maximum absolute atomic E-state index is 11.6. The summed E-state index contributed by atoms with van der Waals surface area (Å²) in [4.78, 5) is 33.9. The third-order valence-corrected chi connectivity index (χ3v) is 9.13. The van der Waals surface area contributed by atoms with Gasteiger partial charge in [0.1, 0.15) is 0 Å². The maximum Gasteiger partial charge on any atom is 0.333 e. The van der Waals surface area contributed by atoms with Crippen LogP contribution in [0, 0.1) is 62.1 Å². The summed E-state index contributed by atoms with van der Waals surface area (Å²) in [7, 11) is 0. The average molecular weight is 592 g/mol. The van der Waals surface area contributed by atoms with Gasteiger partial charge in [0, 0.05) is 24.0 Å². The summed E-state index contributed by atoms with van der Waals surface area (Å²) in [5, 5.41) is 19.9. The number of carbonyl (C=O) groups is 3. The van der Waals surface area contributed by atoms with E-state index in [4.69, 9.17) is 20.0 Å². The molecule has 0 radical (unpaired) electrons. The van der Waals surface area contributed by atoms with Crippen LogP contribution in [0.1, 0.15) is 118 Å². The van der Waals surface area contributed by atoms with E-state index in [1.165, 1.54) is 0 Å². The molecule has 0 saturated carbocycles. The standard InChI is InChI=1S/C12H21NO2.C10H19NO.C8H14O2.C4H7N/c1-7-15-10(14)9(2)12(5,6)11(3,4)8-13;1-7-8(12)11-6-9(2,3)10(7,4)5;1-5-10-8(9)7(4)6(2)3;1-4(2)3-5/h9H,7H2,1-6H3;7H,6H2,1-5H3,(H,11,12);5H2,1-4H3;4H,1-2H3. The second-order valence-corrected chi connectivity index (χ2v) is 13.6.